The second kappa shape index (κ2) is 5.36. The highest BCUT2D eigenvalue weighted by atomic mass is 32.2. The highest BCUT2D eigenvalue weighted by Gasteiger charge is 2.35. The number of aliphatic hydroxyl groups is 1. The van der Waals surface area contributed by atoms with Crippen LogP contribution in [-0.2, 0) is 10.0 Å². The average molecular weight is 317 g/mol. The van der Waals surface area contributed by atoms with Gasteiger partial charge in [0.05, 0.1) is 11.2 Å². The van der Waals surface area contributed by atoms with Gasteiger partial charge < -0.3 is 10.2 Å². The molecule has 21 heavy (non-hydrogen) atoms. The van der Waals surface area contributed by atoms with Gasteiger partial charge in [0.1, 0.15) is 10.7 Å². The number of carboxylic acids is 1. The van der Waals surface area contributed by atoms with Gasteiger partial charge in [-0.3, -0.25) is 0 Å². The first-order valence-electron chi connectivity index (χ1n) is 6.39. The first kappa shape index (κ1) is 15.9. The van der Waals surface area contributed by atoms with Crippen molar-refractivity contribution in [2.24, 2.45) is 0 Å². The summed E-state index contributed by atoms with van der Waals surface area (Å²) in [5.74, 6) is -2.31. The van der Waals surface area contributed by atoms with Crippen molar-refractivity contribution in [3.05, 3.63) is 29.6 Å². The van der Waals surface area contributed by atoms with E-state index in [1.807, 2.05) is 0 Å². The zero-order valence-corrected chi connectivity index (χ0v) is 12.2. The van der Waals surface area contributed by atoms with E-state index in [1.165, 1.54) is 0 Å². The molecule has 6 nitrogen and oxygen atoms in total. The molecule has 0 bridgehead atoms. The van der Waals surface area contributed by atoms with E-state index in [0.29, 0.717) is 0 Å². The summed E-state index contributed by atoms with van der Waals surface area (Å²) in [5, 5.41) is 18.7. The Bertz CT molecular complexity index is 661. The number of benzene rings is 1. The summed E-state index contributed by atoms with van der Waals surface area (Å²) in [5.41, 5.74) is -1.23. The van der Waals surface area contributed by atoms with Crippen LogP contribution in [0, 0.1) is 5.82 Å². The molecule has 1 aliphatic rings. The minimum absolute atomic E-state index is 0.0616. The number of sulfonamides is 1. The molecule has 2 N–H and O–H groups in total. The lowest BCUT2D eigenvalue weighted by Gasteiger charge is -2.35. The van der Waals surface area contributed by atoms with Crippen molar-refractivity contribution in [3.8, 4) is 0 Å². The lowest BCUT2D eigenvalue weighted by Crippen LogP contribution is -2.45. The van der Waals surface area contributed by atoms with E-state index in [-0.39, 0.29) is 31.5 Å². The van der Waals surface area contributed by atoms with Gasteiger partial charge in [0.25, 0.3) is 0 Å². The van der Waals surface area contributed by atoms with Crippen molar-refractivity contribution >= 4 is 16.0 Å². The molecule has 1 aliphatic heterocycles. The summed E-state index contributed by atoms with van der Waals surface area (Å²) < 4.78 is 39.7. The van der Waals surface area contributed by atoms with E-state index in [0.717, 1.165) is 22.5 Å². The van der Waals surface area contributed by atoms with Gasteiger partial charge in [-0.05, 0) is 38.0 Å². The van der Waals surface area contributed by atoms with Crippen LogP contribution in [0.5, 0.6) is 0 Å². The fourth-order valence-electron chi connectivity index (χ4n) is 2.18. The minimum atomic E-state index is -4.12. The summed E-state index contributed by atoms with van der Waals surface area (Å²) in [4.78, 5) is 10.2. The van der Waals surface area contributed by atoms with Crippen LogP contribution >= 0.6 is 0 Å². The number of aromatic carboxylic acids is 1. The molecule has 1 fully saturated rings. The van der Waals surface area contributed by atoms with E-state index in [2.05, 4.69) is 0 Å². The fourth-order valence-corrected chi connectivity index (χ4v) is 3.71. The Hall–Kier alpha value is -1.51. The number of hydrogen-bond acceptors (Lipinski definition) is 4. The Morgan fingerprint density at radius 3 is 2.43 bits per heavy atom. The summed E-state index contributed by atoms with van der Waals surface area (Å²) >= 11 is 0. The summed E-state index contributed by atoms with van der Waals surface area (Å²) in [7, 11) is -4.12. The number of carboxylic acid groups (broad SMARTS) is 1. The highest BCUT2D eigenvalue weighted by Crippen LogP contribution is 2.27. The summed E-state index contributed by atoms with van der Waals surface area (Å²) in [6.07, 6.45) is 0.485. The zero-order chi connectivity index (χ0) is 15.8. The number of halogens is 1. The van der Waals surface area contributed by atoms with Crippen LogP contribution in [0.1, 0.15) is 30.1 Å². The molecule has 0 atom stereocenters. The molecule has 1 heterocycles. The molecule has 0 saturated carbocycles. The molecular formula is C13H16FNO5S. The number of piperidine rings is 1. The average Bonchev–Trinajstić information content (AvgIpc) is 2.38. The predicted octanol–water partition coefficient (Wildman–Crippen LogP) is 1.06. The van der Waals surface area contributed by atoms with Gasteiger partial charge in [-0.15, -0.1) is 0 Å². The largest absolute Gasteiger partial charge is 0.478 e. The smallest absolute Gasteiger partial charge is 0.335 e. The van der Waals surface area contributed by atoms with Crippen molar-refractivity contribution in [3.63, 3.8) is 0 Å². The molecule has 8 heteroatoms. The molecule has 0 aromatic heterocycles. The SMILES string of the molecule is CC1(O)CCN(S(=O)(=O)c2cc(C(=O)O)ccc2F)CC1. The maximum absolute atomic E-state index is 13.8. The Labute approximate surface area is 121 Å². The maximum Gasteiger partial charge on any atom is 0.335 e. The van der Waals surface area contributed by atoms with Crippen molar-refractivity contribution in [1.29, 1.82) is 0 Å². The van der Waals surface area contributed by atoms with Gasteiger partial charge in [0.2, 0.25) is 10.0 Å². The van der Waals surface area contributed by atoms with Gasteiger partial charge in [0.15, 0.2) is 0 Å². The van der Waals surface area contributed by atoms with Gasteiger partial charge in [-0.1, -0.05) is 0 Å². The van der Waals surface area contributed by atoms with Gasteiger partial charge >= 0.3 is 5.97 Å². The van der Waals surface area contributed by atoms with Crippen LogP contribution in [0.15, 0.2) is 23.1 Å². The molecule has 0 spiro atoms. The molecular weight excluding hydrogens is 301 g/mol. The van der Waals surface area contributed by atoms with Crippen molar-refractivity contribution < 1.29 is 27.8 Å². The van der Waals surface area contributed by atoms with Gasteiger partial charge in [-0.25, -0.2) is 17.6 Å². The Morgan fingerprint density at radius 1 is 1.33 bits per heavy atom. The summed E-state index contributed by atoms with van der Waals surface area (Å²) in [6, 6.07) is 2.66. The second-order valence-corrected chi connectivity index (χ2v) is 7.26. The first-order valence-corrected chi connectivity index (χ1v) is 7.83. The van der Waals surface area contributed by atoms with Crippen molar-refractivity contribution in [2.45, 2.75) is 30.3 Å². The molecule has 1 aromatic rings. The maximum atomic E-state index is 13.8. The van der Waals surface area contributed by atoms with Crippen LogP contribution in [0.3, 0.4) is 0 Å². The molecule has 0 radical (unpaired) electrons. The molecule has 0 aliphatic carbocycles. The van der Waals surface area contributed by atoms with E-state index < -0.39 is 32.3 Å². The standard InChI is InChI=1S/C13H16FNO5S/c1-13(18)4-6-15(7-5-13)21(19,20)11-8-9(12(16)17)2-3-10(11)14/h2-3,8,18H,4-7H2,1H3,(H,16,17). The minimum Gasteiger partial charge on any atom is -0.478 e. The number of hydrogen-bond donors (Lipinski definition) is 2. The molecule has 1 aromatic carbocycles. The van der Waals surface area contributed by atoms with E-state index in [1.54, 1.807) is 6.92 Å². The lowest BCUT2D eigenvalue weighted by atomic mass is 9.95. The van der Waals surface area contributed by atoms with Crippen LogP contribution in [0.2, 0.25) is 0 Å². The third-order valence-corrected chi connectivity index (χ3v) is 5.51. The summed E-state index contributed by atoms with van der Waals surface area (Å²) in [6.45, 7) is 1.74. The quantitative estimate of drug-likeness (QED) is 0.869. The Kier molecular flexibility index (Phi) is 4.05. The van der Waals surface area contributed by atoms with Gasteiger partial charge in [0, 0.05) is 13.1 Å². The van der Waals surface area contributed by atoms with Gasteiger partial charge in [-0.2, -0.15) is 4.31 Å². The number of nitrogens with zero attached hydrogens (tertiary/aromatic N) is 1. The predicted molar refractivity (Wildman–Crippen MR) is 72.0 cm³/mol. The number of rotatable bonds is 3. The molecule has 1 saturated heterocycles. The van der Waals surface area contributed by atoms with Crippen LogP contribution in [0.25, 0.3) is 0 Å². The molecule has 116 valence electrons. The monoisotopic (exact) mass is 317 g/mol. The molecule has 0 unspecified atom stereocenters. The van der Waals surface area contributed by atoms with Crippen LogP contribution in [0.4, 0.5) is 4.39 Å². The fraction of sp³-hybridized carbons (Fsp3) is 0.462. The molecule has 0 amide bonds. The number of carbonyl (C=O) groups is 1. The Morgan fingerprint density at radius 2 is 1.90 bits per heavy atom. The van der Waals surface area contributed by atoms with Crippen LogP contribution in [-0.4, -0.2) is 47.6 Å². The normalized spacial score (nSPS) is 19.4. The second-order valence-electron chi connectivity index (χ2n) is 5.35. The Balaban J connectivity index is 2.36. The topological polar surface area (TPSA) is 94.9 Å². The first-order chi connectivity index (χ1) is 9.63. The van der Waals surface area contributed by atoms with E-state index >= 15 is 0 Å². The third-order valence-electron chi connectivity index (χ3n) is 3.60. The van der Waals surface area contributed by atoms with Crippen molar-refractivity contribution in [1.82, 2.24) is 4.31 Å². The van der Waals surface area contributed by atoms with E-state index in [9.17, 15) is 22.7 Å². The van der Waals surface area contributed by atoms with Crippen LogP contribution < -0.4 is 0 Å². The van der Waals surface area contributed by atoms with E-state index in [4.69, 9.17) is 5.11 Å². The lowest BCUT2D eigenvalue weighted by molar-refractivity contribution is 0.0125. The molecule has 2 rings (SSSR count). The zero-order valence-electron chi connectivity index (χ0n) is 11.4. The third kappa shape index (κ3) is 3.22. The highest BCUT2D eigenvalue weighted by molar-refractivity contribution is 7.89. The van der Waals surface area contributed by atoms with Crippen molar-refractivity contribution in [2.75, 3.05) is 13.1 Å².